The average Bonchev–Trinajstić information content (AvgIpc) is 3.66. The molecule has 2 aliphatic carbocycles. The molecule has 5 atom stereocenters. The average molecular weight is 552 g/mol. The number of epoxide rings is 1. The maximum absolute atomic E-state index is 13.7. The van der Waals surface area contributed by atoms with E-state index in [2.05, 4.69) is 23.7 Å². The Labute approximate surface area is 240 Å². The highest BCUT2D eigenvalue weighted by atomic mass is 16.6. The number of ether oxygens (including phenoxy) is 3. The predicted molar refractivity (Wildman–Crippen MR) is 153 cm³/mol. The maximum atomic E-state index is 13.7. The first-order valence-electron chi connectivity index (χ1n) is 14.1. The molecule has 2 aromatic rings. The molecule has 2 aromatic carbocycles. The smallest absolute Gasteiger partial charge is 0.415 e. The van der Waals surface area contributed by atoms with Crippen LogP contribution in [0.25, 0.3) is 0 Å². The fourth-order valence-corrected chi connectivity index (χ4v) is 6.68. The van der Waals surface area contributed by atoms with Crippen molar-refractivity contribution in [3.63, 3.8) is 0 Å². The number of fused-ring (bicyclic) bond motifs is 1. The van der Waals surface area contributed by atoms with Crippen LogP contribution in [-0.2, 0) is 26.5 Å². The molecule has 1 amide bonds. The number of rotatable bonds is 8. The van der Waals surface area contributed by atoms with Crippen molar-refractivity contribution in [3.8, 4) is 29.4 Å². The largest absolute Gasteiger partial charge is 0.493 e. The molecule has 2 fully saturated rings. The van der Waals surface area contributed by atoms with Crippen molar-refractivity contribution in [1.29, 1.82) is 0 Å². The van der Waals surface area contributed by atoms with Crippen molar-refractivity contribution < 1.29 is 28.9 Å². The highest BCUT2D eigenvalue weighted by Crippen LogP contribution is 2.72. The van der Waals surface area contributed by atoms with E-state index in [4.69, 9.17) is 14.2 Å². The van der Waals surface area contributed by atoms with Crippen molar-refractivity contribution in [3.05, 3.63) is 71.8 Å². The van der Waals surface area contributed by atoms with Crippen LogP contribution in [0.4, 0.5) is 10.5 Å². The Balaban J connectivity index is 1.17. The molecule has 1 unspecified atom stereocenters. The number of benzene rings is 2. The van der Waals surface area contributed by atoms with Crippen molar-refractivity contribution >= 4 is 17.6 Å². The molecule has 41 heavy (non-hydrogen) atoms. The Kier molecular flexibility index (Phi) is 6.90. The summed E-state index contributed by atoms with van der Waals surface area (Å²) in [7, 11) is 0. The molecule has 1 saturated carbocycles. The van der Waals surface area contributed by atoms with Crippen molar-refractivity contribution in [2.75, 3.05) is 11.5 Å². The third-order valence-electron chi connectivity index (χ3n) is 8.47. The van der Waals surface area contributed by atoms with Gasteiger partial charge in [-0.2, -0.15) is 0 Å². The van der Waals surface area contributed by atoms with Gasteiger partial charge in [0.15, 0.2) is 0 Å². The number of hydrogen-bond donors (Lipinski definition) is 1. The third kappa shape index (κ3) is 4.80. The van der Waals surface area contributed by atoms with Crippen LogP contribution in [0.5, 0.6) is 5.75 Å². The summed E-state index contributed by atoms with van der Waals surface area (Å²) >= 11 is 0. The van der Waals surface area contributed by atoms with E-state index < -0.39 is 28.9 Å². The summed E-state index contributed by atoms with van der Waals surface area (Å²) in [5.41, 5.74) is 0.271. The normalized spacial score (nSPS) is 28.6. The van der Waals surface area contributed by atoms with Gasteiger partial charge in [-0.25, -0.2) is 4.79 Å². The lowest BCUT2D eigenvalue weighted by molar-refractivity contribution is -0.121. The minimum absolute atomic E-state index is 0.0311. The van der Waals surface area contributed by atoms with Gasteiger partial charge in [0.05, 0.1) is 23.8 Å². The molecule has 4 bridgehead atoms. The van der Waals surface area contributed by atoms with Crippen LogP contribution in [0.3, 0.4) is 0 Å². The van der Waals surface area contributed by atoms with E-state index in [0.29, 0.717) is 12.2 Å². The van der Waals surface area contributed by atoms with Crippen LogP contribution in [0.15, 0.2) is 60.7 Å². The molecule has 6 rings (SSSR count). The van der Waals surface area contributed by atoms with Gasteiger partial charge < -0.3 is 19.3 Å². The Morgan fingerprint density at radius 1 is 1.12 bits per heavy atom. The van der Waals surface area contributed by atoms with E-state index in [1.807, 2.05) is 36.4 Å². The second-order valence-electron chi connectivity index (χ2n) is 11.5. The number of amides is 1. The molecule has 2 aliphatic heterocycles. The monoisotopic (exact) mass is 551 g/mol. The van der Waals surface area contributed by atoms with Gasteiger partial charge in [0, 0.05) is 18.4 Å². The molecule has 2 heterocycles. The Bertz CT molecular complexity index is 1520. The lowest BCUT2D eigenvalue weighted by Gasteiger charge is -2.43. The second-order valence-corrected chi connectivity index (χ2v) is 11.5. The van der Waals surface area contributed by atoms with Crippen LogP contribution in [0.1, 0.15) is 57.1 Å². The first-order chi connectivity index (χ1) is 19.8. The quantitative estimate of drug-likeness (QED) is 0.365. The zero-order chi connectivity index (χ0) is 28.7. The van der Waals surface area contributed by atoms with E-state index in [-0.39, 0.29) is 31.3 Å². The van der Waals surface area contributed by atoms with Gasteiger partial charge in [-0.15, -0.1) is 0 Å². The number of anilines is 1. The minimum atomic E-state index is -1.10. The van der Waals surface area contributed by atoms with Crippen molar-refractivity contribution in [2.24, 2.45) is 5.92 Å². The summed E-state index contributed by atoms with van der Waals surface area (Å²) < 4.78 is 18.3. The molecule has 0 aromatic heterocycles. The van der Waals surface area contributed by atoms with E-state index in [1.54, 1.807) is 36.1 Å². The number of hydrogen-bond acceptors (Lipinski definition) is 6. The first kappa shape index (κ1) is 27.1. The van der Waals surface area contributed by atoms with E-state index in [9.17, 15) is 14.7 Å². The number of aliphatic hydroxyl groups is 1. The van der Waals surface area contributed by atoms with Gasteiger partial charge in [0.1, 0.15) is 35.4 Å². The molecule has 1 saturated heterocycles. The number of carbonyl (C=O) groups is 2. The van der Waals surface area contributed by atoms with Gasteiger partial charge in [-0.1, -0.05) is 54.0 Å². The fraction of sp³-hybridized carbons (Fsp3) is 0.412. The van der Waals surface area contributed by atoms with Gasteiger partial charge in [0.25, 0.3) is 0 Å². The van der Waals surface area contributed by atoms with E-state index in [1.165, 1.54) is 6.92 Å². The van der Waals surface area contributed by atoms with Crippen LogP contribution in [0.2, 0.25) is 0 Å². The third-order valence-corrected chi connectivity index (χ3v) is 8.47. The Morgan fingerprint density at radius 3 is 2.66 bits per heavy atom. The minimum Gasteiger partial charge on any atom is -0.493 e. The standard InChI is InChI=1S/C34H33NO6/c1-24(36)22-32(2,38)20-21-39-27-17-15-25(16-18-27)23-40-31(37)35-29-13-8-7-12-28(29)34-26-10-5-3-4-6-14-30(35)33(34,41-34)19-9-11-26/h3-4,7-8,12-13,15-18,26,30,38H,9,11,19-23H2,1-2H3/b4-3-/t26-,30+,32?,33+,34-/m1/s1. The zero-order valence-corrected chi connectivity index (χ0v) is 23.3. The maximum Gasteiger partial charge on any atom is 0.415 e. The van der Waals surface area contributed by atoms with Gasteiger partial charge in [-0.05, 0) is 69.0 Å². The summed E-state index contributed by atoms with van der Waals surface area (Å²) in [5, 5.41) is 10.3. The number of Topliss-reactive ketones (excluding diaryl/α,β-unsaturated/α-hetero) is 1. The molecule has 210 valence electrons. The van der Waals surface area contributed by atoms with E-state index in [0.717, 1.165) is 36.1 Å². The molecular weight excluding hydrogens is 518 g/mol. The Hall–Kier alpha value is -4.04. The zero-order valence-electron chi connectivity index (χ0n) is 23.3. The number of carbonyl (C=O) groups excluding carboxylic acids is 2. The highest BCUT2D eigenvalue weighted by Gasteiger charge is 2.81. The van der Waals surface area contributed by atoms with Crippen molar-refractivity contribution in [1.82, 2.24) is 0 Å². The first-order valence-corrected chi connectivity index (χ1v) is 14.1. The lowest BCUT2D eigenvalue weighted by Crippen LogP contribution is -2.57. The van der Waals surface area contributed by atoms with Crippen LogP contribution >= 0.6 is 0 Å². The Morgan fingerprint density at radius 2 is 1.88 bits per heavy atom. The topological polar surface area (TPSA) is 88.6 Å². The van der Waals surface area contributed by atoms with Crippen LogP contribution < -0.4 is 9.64 Å². The second kappa shape index (κ2) is 10.4. The van der Waals surface area contributed by atoms with E-state index >= 15 is 0 Å². The van der Waals surface area contributed by atoms with Gasteiger partial charge in [0.2, 0.25) is 0 Å². The molecule has 4 aliphatic rings. The fourth-order valence-electron chi connectivity index (χ4n) is 6.68. The molecule has 7 nitrogen and oxygen atoms in total. The molecule has 0 radical (unpaired) electrons. The lowest BCUT2D eigenvalue weighted by atomic mass is 9.64. The molecule has 0 spiro atoms. The SMILES string of the molecule is CC(=O)CC(C)(O)CCOc1ccc(COC(=O)N2c3ccccc3[C@@]34O[C@]35CCC[C@H]4C#C/C=C\C#C[C@H]25)cc1. The number of ketones is 1. The van der Waals surface area contributed by atoms with Crippen LogP contribution in [0, 0.1) is 29.6 Å². The summed E-state index contributed by atoms with van der Waals surface area (Å²) in [4.78, 5) is 26.7. The molecule has 7 heteroatoms. The molecule has 1 N–H and O–H groups in total. The number of para-hydroxylation sites is 1. The highest BCUT2D eigenvalue weighted by molar-refractivity contribution is 5.93. The van der Waals surface area contributed by atoms with Gasteiger partial charge in [-0.3, -0.25) is 9.69 Å². The van der Waals surface area contributed by atoms with Crippen molar-refractivity contribution in [2.45, 2.75) is 75.4 Å². The molecular formula is C34H33NO6. The van der Waals surface area contributed by atoms with Gasteiger partial charge >= 0.3 is 6.09 Å². The number of nitrogens with zero attached hydrogens (tertiary/aromatic N) is 1. The summed E-state index contributed by atoms with van der Waals surface area (Å²) in [6.07, 6.45) is 6.15. The summed E-state index contributed by atoms with van der Waals surface area (Å²) in [6.45, 7) is 3.45. The number of allylic oxidation sites excluding steroid dienone is 2. The summed E-state index contributed by atoms with van der Waals surface area (Å²) in [5.74, 6) is 13.6. The van der Waals surface area contributed by atoms with Crippen LogP contribution in [-0.4, -0.2) is 40.8 Å². The predicted octanol–water partition coefficient (Wildman–Crippen LogP) is 5.05. The summed E-state index contributed by atoms with van der Waals surface area (Å²) in [6, 6.07) is 14.7.